The maximum atomic E-state index is 13.8. The van der Waals surface area contributed by atoms with Gasteiger partial charge in [-0.1, -0.05) is 96.2 Å². The fraction of sp³-hybridized carbons (Fsp3) is 0.244. The number of carbonyl (C=O) groups is 3. The van der Waals surface area contributed by atoms with Gasteiger partial charge in [0.25, 0.3) is 5.91 Å². The Morgan fingerprint density at radius 1 is 0.929 bits per heavy atom. The summed E-state index contributed by atoms with van der Waals surface area (Å²) in [5.41, 5.74) is 2.58. The van der Waals surface area contributed by atoms with Crippen LogP contribution < -0.4 is 10.6 Å². The first kappa shape index (κ1) is 37.0. The Bertz CT molecular complexity index is 2180. The zero-order valence-corrected chi connectivity index (χ0v) is 31.8. The van der Waals surface area contributed by atoms with Gasteiger partial charge in [-0.15, -0.1) is 23.1 Å². The van der Waals surface area contributed by atoms with Crippen molar-refractivity contribution in [3.63, 3.8) is 0 Å². The zero-order valence-electron chi connectivity index (χ0n) is 30.2. The highest BCUT2D eigenvalue weighted by Gasteiger charge is 2.58. The van der Waals surface area contributed by atoms with Crippen LogP contribution in [0.15, 0.2) is 114 Å². The Morgan fingerprint density at radius 3 is 2.00 bits per heavy atom. The fourth-order valence-corrected chi connectivity index (χ4v) is 10.1. The van der Waals surface area contributed by atoms with E-state index in [2.05, 4.69) is 52.2 Å². The Morgan fingerprint density at radius 2 is 1.48 bits per heavy atom. The van der Waals surface area contributed by atoms with E-state index in [0.29, 0.717) is 18.2 Å². The number of nitrogens with one attached hydrogen (secondary N) is 2. The number of carbonyl (C=O) groups excluding carboxylic acids is 2. The summed E-state index contributed by atoms with van der Waals surface area (Å²) in [5, 5.41) is 42.6. The smallest absolute Gasteiger partial charge is 0.313 e. The number of amides is 2. The van der Waals surface area contributed by atoms with E-state index in [1.807, 2.05) is 59.5 Å². The third-order valence-electron chi connectivity index (χ3n) is 10.6. The first-order chi connectivity index (χ1) is 27.1. The minimum Gasteiger partial charge on any atom is -0.504 e. The number of carboxylic acid groups (broad SMARTS) is 1. The number of aliphatic carboxylic acids is 1. The lowest BCUT2D eigenvalue weighted by Crippen LogP contribution is -2.74. The van der Waals surface area contributed by atoms with Gasteiger partial charge in [-0.2, -0.15) is 0 Å². The van der Waals surface area contributed by atoms with Crippen molar-refractivity contribution >= 4 is 51.7 Å². The van der Waals surface area contributed by atoms with E-state index in [1.54, 1.807) is 5.38 Å². The van der Waals surface area contributed by atoms with Crippen LogP contribution in [0.1, 0.15) is 33.5 Å². The number of benzene rings is 4. The lowest BCUT2D eigenvalue weighted by atomic mass is 9.77. The second kappa shape index (κ2) is 15.0. The summed E-state index contributed by atoms with van der Waals surface area (Å²) in [5.74, 6) is -2.32. The Labute approximate surface area is 330 Å². The number of hydrogen-bond acceptors (Lipinski definition) is 12. The number of aromatic nitrogens is 1. The highest BCUT2D eigenvalue weighted by Crippen LogP contribution is 2.45. The number of anilines is 1. The minimum absolute atomic E-state index is 0.0271. The summed E-state index contributed by atoms with van der Waals surface area (Å²) in [6.07, 6.45) is 0. The molecule has 2 amide bonds. The van der Waals surface area contributed by atoms with Gasteiger partial charge in [0.1, 0.15) is 35.2 Å². The van der Waals surface area contributed by atoms with Crippen LogP contribution in [0.4, 0.5) is 5.13 Å². The van der Waals surface area contributed by atoms with Crippen LogP contribution in [0, 0.1) is 5.41 Å². The molecule has 0 aliphatic carbocycles. The largest absolute Gasteiger partial charge is 0.504 e. The summed E-state index contributed by atoms with van der Waals surface area (Å²) >= 11 is 2.61. The molecule has 4 aromatic carbocycles. The number of carboxylic acids is 1. The van der Waals surface area contributed by atoms with Gasteiger partial charge >= 0.3 is 5.97 Å². The molecule has 5 aromatic rings. The molecule has 0 radical (unpaired) electrons. The average molecular weight is 791 g/mol. The van der Waals surface area contributed by atoms with Crippen molar-refractivity contribution in [3.05, 3.63) is 142 Å². The van der Waals surface area contributed by atoms with Crippen LogP contribution in [0.25, 0.3) is 0 Å². The summed E-state index contributed by atoms with van der Waals surface area (Å²) in [6.45, 7) is 0.935. The van der Waals surface area contributed by atoms with Gasteiger partial charge in [-0.25, -0.2) is 4.98 Å². The third-order valence-corrected chi connectivity index (χ3v) is 12.9. The number of aromatic hydroxyl groups is 2. The molecule has 0 saturated carbocycles. The molecule has 4 heterocycles. The first-order valence-corrected chi connectivity index (χ1v) is 19.8. The molecule has 8 rings (SSSR count). The van der Waals surface area contributed by atoms with E-state index in [4.69, 9.17) is 9.82 Å². The molecule has 3 atom stereocenters. The first-order valence-electron chi connectivity index (χ1n) is 17.9. The van der Waals surface area contributed by atoms with Gasteiger partial charge in [0, 0.05) is 37.3 Å². The van der Waals surface area contributed by atoms with Crippen LogP contribution >= 0.6 is 23.1 Å². The van der Waals surface area contributed by atoms with Crippen LogP contribution in [-0.2, 0) is 37.8 Å². The summed E-state index contributed by atoms with van der Waals surface area (Å²) in [7, 11) is 1.33. The lowest BCUT2D eigenvalue weighted by molar-refractivity contribution is -0.159. The molecule has 15 heteroatoms. The number of rotatable bonds is 12. The second-order valence-corrected chi connectivity index (χ2v) is 16.1. The number of oxime groups is 1. The van der Waals surface area contributed by atoms with Gasteiger partial charge in [0.2, 0.25) is 5.91 Å². The second-order valence-electron chi connectivity index (χ2n) is 14.1. The standard InChI is InChI=1S/C41H38N6O7S2/c1-54-45-33(30-21-55-39(42-30)44-41(27-11-5-2-6-12-27,28-13-7-3-8-14-28)29-15-9-4-10-16-29)35(50)43-34-36(51)47-23-40(38(52)53,24-56-37(34)47)22-46-19-25-17-31(48)32(49)18-26(25)20-46/h2-18,21,34,37,48-49H,19-20,22-24H2,1H3,(H,42,44)(H,43,50)(H,52,53)/t34?,37-,40?/m1/s1. The van der Waals surface area contributed by atoms with Crippen molar-refractivity contribution in [3.8, 4) is 11.5 Å². The number of phenolic OH excluding ortho intramolecular Hbond substituents is 2. The van der Waals surface area contributed by atoms with Crippen molar-refractivity contribution in [2.75, 3.05) is 31.3 Å². The SMILES string of the molecule is CON=C(C(=O)NC1C(=O)N2CC(CN3Cc4cc(O)c(O)cc4C3)(C(=O)O)CS[C@H]12)c1csc(NC(c2ccccc2)(c2ccccc2)c2ccccc2)n1. The normalized spacial score (nSPS) is 20.8. The quantitative estimate of drug-likeness (QED) is 0.0386. The number of β-lactam (4-membered cyclic amide) rings is 1. The molecule has 2 unspecified atom stereocenters. The van der Waals surface area contributed by atoms with E-state index >= 15 is 0 Å². The monoisotopic (exact) mass is 790 g/mol. The van der Waals surface area contributed by atoms with E-state index in [-0.39, 0.29) is 41.7 Å². The van der Waals surface area contributed by atoms with Gasteiger partial charge in [0.15, 0.2) is 22.3 Å². The molecular formula is C41H38N6O7S2. The Hall–Kier alpha value is -5.90. The number of thioether (sulfide) groups is 1. The van der Waals surface area contributed by atoms with Crippen molar-refractivity contribution in [1.82, 2.24) is 20.1 Å². The fourth-order valence-electron chi connectivity index (χ4n) is 7.84. The molecule has 3 aliphatic rings. The van der Waals surface area contributed by atoms with Crippen molar-refractivity contribution < 1.29 is 34.5 Å². The molecule has 3 aliphatic heterocycles. The number of nitrogens with zero attached hydrogens (tertiary/aromatic N) is 4. The molecule has 2 saturated heterocycles. The number of phenols is 2. The summed E-state index contributed by atoms with van der Waals surface area (Å²) < 4.78 is 0. The highest BCUT2D eigenvalue weighted by atomic mass is 32.2. The van der Waals surface area contributed by atoms with E-state index in [9.17, 15) is 29.7 Å². The van der Waals surface area contributed by atoms with E-state index in [0.717, 1.165) is 27.8 Å². The number of hydrogen-bond donors (Lipinski definition) is 5. The maximum absolute atomic E-state index is 13.8. The average Bonchev–Trinajstić information content (AvgIpc) is 3.84. The van der Waals surface area contributed by atoms with E-state index < -0.39 is 40.2 Å². The zero-order chi connectivity index (χ0) is 39.0. The van der Waals surface area contributed by atoms with Crippen LogP contribution in [0.3, 0.4) is 0 Å². The number of fused-ring (bicyclic) bond motifs is 2. The highest BCUT2D eigenvalue weighted by molar-refractivity contribution is 8.00. The number of thiazole rings is 1. The van der Waals surface area contributed by atoms with Crippen molar-refractivity contribution in [2.24, 2.45) is 10.6 Å². The maximum Gasteiger partial charge on any atom is 0.313 e. The molecule has 56 heavy (non-hydrogen) atoms. The van der Waals surface area contributed by atoms with Crippen LogP contribution in [0.2, 0.25) is 0 Å². The molecule has 286 valence electrons. The van der Waals surface area contributed by atoms with Crippen LogP contribution in [0.5, 0.6) is 11.5 Å². The van der Waals surface area contributed by atoms with Gasteiger partial charge < -0.3 is 35.7 Å². The Kier molecular flexibility index (Phi) is 9.91. The predicted molar refractivity (Wildman–Crippen MR) is 212 cm³/mol. The summed E-state index contributed by atoms with van der Waals surface area (Å²) in [4.78, 5) is 53.5. The summed E-state index contributed by atoms with van der Waals surface area (Å²) in [6, 6.07) is 32.2. The van der Waals surface area contributed by atoms with Gasteiger partial charge in [0.05, 0.1) is 0 Å². The van der Waals surface area contributed by atoms with Crippen molar-refractivity contribution in [2.45, 2.75) is 30.0 Å². The topological polar surface area (TPSA) is 177 Å². The molecule has 1 aromatic heterocycles. The molecule has 2 fully saturated rings. The van der Waals surface area contributed by atoms with Crippen LogP contribution in [-0.4, -0.2) is 91.0 Å². The predicted octanol–water partition coefficient (Wildman–Crippen LogP) is 4.80. The molecule has 0 bridgehead atoms. The molecule has 0 spiro atoms. The molecule has 5 N–H and O–H groups in total. The van der Waals surface area contributed by atoms with Gasteiger partial charge in [-0.3, -0.25) is 19.3 Å². The molecular weight excluding hydrogens is 753 g/mol. The van der Waals surface area contributed by atoms with E-state index in [1.165, 1.54) is 47.2 Å². The van der Waals surface area contributed by atoms with Crippen molar-refractivity contribution in [1.29, 1.82) is 0 Å². The Balaban J connectivity index is 0.989. The third kappa shape index (κ3) is 6.61. The molecule has 13 nitrogen and oxygen atoms in total. The minimum atomic E-state index is -1.26. The van der Waals surface area contributed by atoms with Gasteiger partial charge in [-0.05, 0) is 39.9 Å². The lowest BCUT2D eigenvalue weighted by Gasteiger charge is -2.54.